The lowest BCUT2D eigenvalue weighted by atomic mass is 9.95. The van der Waals surface area contributed by atoms with E-state index in [9.17, 15) is 0 Å². The molecule has 4 heteroatoms. The highest BCUT2D eigenvalue weighted by molar-refractivity contribution is 6.30. The molecule has 126 valence electrons. The number of ether oxygens (including phenoxy) is 1. The normalized spacial score (nSPS) is 17.5. The minimum Gasteiger partial charge on any atom is -0.379 e. The molecule has 0 radical (unpaired) electrons. The molecule has 0 amide bonds. The van der Waals surface area contributed by atoms with Crippen LogP contribution in [0.3, 0.4) is 0 Å². The summed E-state index contributed by atoms with van der Waals surface area (Å²) in [4.78, 5) is 4.97. The molecular formula is C20H23ClN2O. The SMILES string of the molecule is Clc1ccc2c(c1)Cc1ccccc1N2CCCN1CCOCC1. The van der Waals surface area contributed by atoms with Crippen molar-refractivity contribution in [2.45, 2.75) is 12.8 Å². The highest BCUT2D eigenvalue weighted by Gasteiger charge is 2.22. The first-order chi connectivity index (χ1) is 11.8. The Hall–Kier alpha value is -1.55. The Kier molecular flexibility index (Phi) is 4.74. The van der Waals surface area contributed by atoms with Gasteiger partial charge in [-0.15, -0.1) is 0 Å². The van der Waals surface area contributed by atoms with Gasteiger partial charge in [-0.25, -0.2) is 0 Å². The van der Waals surface area contributed by atoms with Crippen molar-refractivity contribution < 1.29 is 4.74 Å². The first kappa shape index (κ1) is 15.9. The summed E-state index contributed by atoms with van der Waals surface area (Å²) in [6.45, 7) is 6.02. The van der Waals surface area contributed by atoms with E-state index in [2.05, 4.69) is 46.2 Å². The fourth-order valence-corrected chi connectivity index (χ4v) is 3.93. The summed E-state index contributed by atoms with van der Waals surface area (Å²) in [6.07, 6.45) is 2.11. The molecule has 0 atom stereocenters. The van der Waals surface area contributed by atoms with Gasteiger partial charge in [0, 0.05) is 49.0 Å². The topological polar surface area (TPSA) is 15.7 Å². The van der Waals surface area contributed by atoms with E-state index >= 15 is 0 Å². The molecule has 2 aromatic rings. The van der Waals surface area contributed by atoms with Crippen LogP contribution in [0.2, 0.25) is 5.02 Å². The first-order valence-corrected chi connectivity index (χ1v) is 9.13. The Labute approximate surface area is 148 Å². The lowest BCUT2D eigenvalue weighted by Gasteiger charge is -2.34. The number of anilines is 2. The monoisotopic (exact) mass is 342 g/mol. The van der Waals surface area contributed by atoms with Gasteiger partial charge in [-0.05, 0) is 41.8 Å². The third-order valence-corrected chi connectivity index (χ3v) is 5.19. The summed E-state index contributed by atoms with van der Waals surface area (Å²) in [7, 11) is 0. The van der Waals surface area contributed by atoms with Gasteiger partial charge in [0.15, 0.2) is 0 Å². The maximum absolute atomic E-state index is 6.22. The van der Waals surface area contributed by atoms with Gasteiger partial charge in [0.1, 0.15) is 0 Å². The summed E-state index contributed by atoms with van der Waals surface area (Å²) in [5.41, 5.74) is 5.36. The second kappa shape index (κ2) is 7.14. The summed E-state index contributed by atoms with van der Waals surface area (Å²) in [5, 5.41) is 0.821. The Morgan fingerprint density at radius 3 is 2.58 bits per heavy atom. The summed E-state index contributed by atoms with van der Waals surface area (Å²) in [6, 6.07) is 15.0. The zero-order valence-electron chi connectivity index (χ0n) is 13.9. The number of hydrogen-bond acceptors (Lipinski definition) is 3. The molecule has 0 N–H and O–H groups in total. The van der Waals surface area contributed by atoms with Gasteiger partial charge in [0.2, 0.25) is 0 Å². The van der Waals surface area contributed by atoms with E-state index in [1.807, 2.05) is 6.07 Å². The molecule has 1 saturated heterocycles. The van der Waals surface area contributed by atoms with Crippen LogP contribution in [-0.4, -0.2) is 44.3 Å². The molecule has 3 nitrogen and oxygen atoms in total. The van der Waals surface area contributed by atoms with E-state index in [1.54, 1.807) is 0 Å². The van der Waals surface area contributed by atoms with E-state index in [4.69, 9.17) is 16.3 Å². The maximum Gasteiger partial charge on any atom is 0.0594 e. The van der Waals surface area contributed by atoms with Crippen LogP contribution in [-0.2, 0) is 11.2 Å². The van der Waals surface area contributed by atoms with Crippen molar-refractivity contribution in [3.8, 4) is 0 Å². The minimum absolute atomic E-state index is 0.821. The van der Waals surface area contributed by atoms with Gasteiger partial charge < -0.3 is 9.64 Å². The zero-order valence-corrected chi connectivity index (χ0v) is 14.6. The van der Waals surface area contributed by atoms with Crippen LogP contribution in [0.15, 0.2) is 42.5 Å². The minimum atomic E-state index is 0.821. The third-order valence-electron chi connectivity index (χ3n) is 4.96. The predicted molar refractivity (Wildman–Crippen MR) is 99.6 cm³/mol. The summed E-state index contributed by atoms with van der Waals surface area (Å²) >= 11 is 6.22. The molecule has 2 aliphatic heterocycles. The van der Waals surface area contributed by atoms with Gasteiger partial charge in [0.25, 0.3) is 0 Å². The average Bonchev–Trinajstić information content (AvgIpc) is 2.62. The standard InChI is InChI=1S/C20H23ClN2O/c21-18-6-7-20-17(15-18)14-16-4-1-2-5-19(16)23(20)9-3-8-22-10-12-24-13-11-22/h1-2,4-7,15H,3,8-14H2. The van der Waals surface area contributed by atoms with Crippen LogP contribution in [0.25, 0.3) is 0 Å². The number of nitrogens with zero attached hydrogens (tertiary/aromatic N) is 2. The third kappa shape index (κ3) is 3.30. The van der Waals surface area contributed by atoms with Crippen molar-refractivity contribution in [1.29, 1.82) is 0 Å². The summed E-state index contributed by atoms with van der Waals surface area (Å²) in [5.74, 6) is 0. The van der Waals surface area contributed by atoms with Crippen LogP contribution >= 0.6 is 11.6 Å². The molecule has 2 heterocycles. The van der Waals surface area contributed by atoms with Crippen molar-refractivity contribution in [2.24, 2.45) is 0 Å². The maximum atomic E-state index is 6.22. The number of para-hydroxylation sites is 1. The Morgan fingerprint density at radius 2 is 1.71 bits per heavy atom. The Morgan fingerprint density at radius 1 is 0.917 bits per heavy atom. The first-order valence-electron chi connectivity index (χ1n) is 8.75. The highest BCUT2D eigenvalue weighted by atomic mass is 35.5. The second-order valence-corrected chi connectivity index (χ2v) is 6.97. The molecule has 0 aliphatic carbocycles. The van der Waals surface area contributed by atoms with Crippen LogP contribution in [0, 0.1) is 0 Å². The molecule has 4 rings (SSSR count). The molecule has 0 aromatic heterocycles. The predicted octanol–water partition coefficient (Wildman–Crippen LogP) is 4.10. The molecule has 24 heavy (non-hydrogen) atoms. The van der Waals surface area contributed by atoms with Gasteiger partial charge in [0.05, 0.1) is 13.2 Å². The Balaban J connectivity index is 1.53. The molecule has 0 saturated carbocycles. The van der Waals surface area contributed by atoms with Crippen molar-refractivity contribution in [3.05, 3.63) is 58.6 Å². The quantitative estimate of drug-likeness (QED) is 0.831. The lowest BCUT2D eigenvalue weighted by molar-refractivity contribution is 0.0377. The van der Waals surface area contributed by atoms with E-state index in [1.165, 1.54) is 22.5 Å². The van der Waals surface area contributed by atoms with Crippen LogP contribution in [0.4, 0.5) is 11.4 Å². The van der Waals surface area contributed by atoms with Crippen molar-refractivity contribution in [1.82, 2.24) is 4.90 Å². The van der Waals surface area contributed by atoms with Gasteiger partial charge in [-0.2, -0.15) is 0 Å². The molecule has 1 fully saturated rings. The van der Waals surface area contributed by atoms with E-state index in [0.29, 0.717) is 0 Å². The molecule has 2 aliphatic rings. The lowest BCUT2D eigenvalue weighted by Crippen LogP contribution is -2.38. The second-order valence-electron chi connectivity index (χ2n) is 6.54. The van der Waals surface area contributed by atoms with Crippen molar-refractivity contribution in [2.75, 3.05) is 44.3 Å². The number of morpholine rings is 1. The number of halogens is 1. The highest BCUT2D eigenvalue weighted by Crippen LogP contribution is 2.39. The van der Waals surface area contributed by atoms with Crippen LogP contribution in [0.5, 0.6) is 0 Å². The van der Waals surface area contributed by atoms with Gasteiger partial charge >= 0.3 is 0 Å². The molecule has 0 bridgehead atoms. The fraction of sp³-hybridized carbons (Fsp3) is 0.400. The molecule has 2 aromatic carbocycles. The molecular weight excluding hydrogens is 320 g/mol. The molecule has 0 unspecified atom stereocenters. The summed E-state index contributed by atoms with van der Waals surface area (Å²) < 4.78 is 5.44. The molecule has 0 spiro atoms. The van der Waals surface area contributed by atoms with E-state index in [-0.39, 0.29) is 0 Å². The number of hydrogen-bond donors (Lipinski definition) is 0. The van der Waals surface area contributed by atoms with Gasteiger partial charge in [-0.1, -0.05) is 29.8 Å². The fourth-order valence-electron chi connectivity index (χ4n) is 3.74. The van der Waals surface area contributed by atoms with E-state index in [0.717, 1.165) is 57.3 Å². The van der Waals surface area contributed by atoms with Crippen LogP contribution in [0.1, 0.15) is 17.5 Å². The Bertz CT molecular complexity index is 713. The average molecular weight is 343 g/mol. The number of fused-ring (bicyclic) bond motifs is 2. The van der Waals surface area contributed by atoms with Crippen molar-refractivity contribution in [3.63, 3.8) is 0 Å². The van der Waals surface area contributed by atoms with Crippen LogP contribution < -0.4 is 4.90 Å². The van der Waals surface area contributed by atoms with E-state index < -0.39 is 0 Å². The number of rotatable bonds is 4. The van der Waals surface area contributed by atoms with Gasteiger partial charge in [-0.3, -0.25) is 4.90 Å². The zero-order chi connectivity index (χ0) is 16.4. The van der Waals surface area contributed by atoms with Crippen molar-refractivity contribution >= 4 is 23.0 Å². The smallest absolute Gasteiger partial charge is 0.0594 e. The largest absolute Gasteiger partial charge is 0.379 e. The number of benzene rings is 2.